The predicted molar refractivity (Wildman–Crippen MR) is 78.4 cm³/mol. The quantitative estimate of drug-likeness (QED) is 0.714. The highest BCUT2D eigenvalue weighted by atomic mass is 16.2. The van der Waals surface area contributed by atoms with Crippen LogP contribution in [0.4, 0.5) is 4.79 Å². The Morgan fingerprint density at radius 2 is 2.10 bits per heavy atom. The number of rotatable bonds is 5. The minimum absolute atomic E-state index is 0.185. The monoisotopic (exact) mass is 295 g/mol. The van der Waals surface area contributed by atoms with Crippen LogP contribution < -0.4 is 16.0 Å². The van der Waals surface area contributed by atoms with Crippen LogP contribution in [-0.2, 0) is 9.59 Å². The van der Waals surface area contributed by atoms with E-state index in [1.54, 1.807) is 0 Å². The van der Waals surface area contributed by atoms with Crippen molar-refractivity contribution in [2.75, 3.05) is 6.54 Å². The second kappa shape index (κ2) is 6.45. The summed E-state index contributed by atoms with van der Waals surface area (Å²) < 4.78 is 0. The first-order chi connectivity index (χ1) is 9.90. The molecule has 1 unspecified atom stereocenters. The van der Waals surface area contributed by atoms with Crippen molar-refractivity contribution >= 4 is 17.8 Å². The lowest BCUT2D eigenvalue weighted by Crippen LogP contribution is -2.51. The first-order valence-electron chi connectivity index (χ1n) is 7.78. The molecule has 6 nitrogen and oxygen atoms in total. The Labute approximate surface area is 125 Å². The summed E-state index contributed by atoms with van der Waals surface area (Å²) in [6, 6.07) is -1.20. The van der Waals surface area contributed by atoms with Crippen LogP contribution in [0.5, 0.6) is 0 Å². The van der Waals surface area contributed by atoms with Gasteiger partial charge in [-0.2, -0.15) is 0 Å². The van der Waals surface area contributed by atoms with Crippen molar-refractivity contribution in [3.8, 4) is 0 Å². The molecule has 2 rings (SSSR count). The van der Waals surface area contributed by atoms with Crippen LogP contribution in [0.1, 0.15) is 52.4 Å². The maximum absolute atomic E-state index is 12.2. The van der Waals surface area contributed by atoms with Gasteiger partial charge in [-0.3, -0.25) is 14.9 Å². The lowest BCUT2D eigenvalue weighted by molar-refractivity contribution is -0.124. The normalized spacial score (nSPS) is 24.6. The number of imide groups is 1. The van der Waals surface area contributed by atoms with Crippen LogP contribution in [0, 0.1) is 11.3 Å². The van der Waals surface area contributed by atoms with Crippen LogP contribution >= 0.6 is 0 Å². The van der Waals surface area contributed by atoms with Gasteiger partial charge in [0.25, 0.3) is 0 Å². The van der Waals surface area contributed by atoms with Crippen molar-refractivity contribution in [3.05, 3.63) is 0 Å². The zero-order valence-electron chi connectivity index (χ0n) is 12.8. The maximum Gasteiger partial charge on any atom is 0.322 e. The van der Waals surface area contributed by atoms with Crippen molar-refractivity contribution in [1.82, 2.24) is 16.0 Å². The number of hydrogen-bond acceptors (Lipinski definition) is 3. The third kappa shape index (κ3) is 4.19. The summed E-state index contributed by atoms with van der Waals surface area (Å²) >= 11 is 0. The molecular weight excluding hydrogens is 270 g/mol. The summed E-state index contributed by atoms with van der Waals surface area (Å²) in [5.74, 6) is 0.0922. The van der Waals surface area contributed by atoms with Crippen molar-refractivity contribution in [2.45, 2.75) is 58.4 Å². The van der Waals surface area contributed by atoms with E-state index in [2.05, 4.69) is 29.8 Å². The molecule has 0 bridgehead atoms. The Morgan fingerprint density at radius 1 is 1.38 bits per heavy atom. The van der Waals surface area contributed by atoms with Gasteiger partial charge >= 0.3 is 6.03 Å². The Bertz CT molecular complexity index is 430. The summed E-state index contributed by atoms with van der Waals surface area (Å²) in [6.45, 7) is 5.06. The topological polar surface area (TPSA) is 87.3 Å². The SMILES string of the molecule is CC(C)CC1(CNC(=O)C2CCC(=O)NC(=O)N2)CCC1. The summed E-state index contributed by atoms with van der Waals surface area (Å²) in [4.78, 5) is 34.9. The number of hydrogen-bond donors (Lipinski definition) is 3. The zero-order chi connectivity index (χ0) is 15.5. The highest BCUT2D eigenvalue weighted by molar-refractivity contribution is 5.98. The standard InChI is InChI=1S/C15H25N3O3/c1-10(2)8-15(6-3-7-15)9-16-13(20)11-4-5-12(19)18-14(21)17-11/h10-11H,3-9H2,1-2H3,(H,16,20)(H2,17,18,19,21). The largest absolute Gasteiger partial charge is 0.354 e. The molecule has 2 aliphatic rings. The molecule has 0 aromatic heterocycles. The van der Waals surface area contributed by atoms with Gasteiger partial charge in [0, 0.05) is 13.0 Å². The maximum atomic E-state index is 12.2. The molecule has 0 spiro atoms. The Hall–Kier alpha value is -1.59. The molecule has 1 atom stereocenters. The fourth-order valence-electron chi connectivity index (χ4n) is 3.32. The van der Waals surface area contributed by atoms with Gasteiger partial charge in [0.1, 0.15) is 6.04 Å². The van der Waals surface area contributed by atoms with Gasteiger partial charge in [-0.15, -0.1) is 0 Å². The van der Waals surface area contributed by atoms with Crippen molar-refractivity contribution in [1.29, 1.82) is 0 Å². The number of carbonyl (C=O) groups excluding carboxylic acids is 3. The van der Waals surface area contributed by atoms with E-state index < -0.39 is 12.1 Å². The van der Waals surface area contributed by atoms with Crippen LogP contribution in [0.2, 0.25) is 0 Å². The molecule has 4 amide bonds. The van der Waals surface area contributed by atoms with Gasteiger partial charge in [0.2, 0.25) is 11.8 Å². The van der Waals surface area contributed by atoms with Crippen molar-refractivity contribution in [2.24, 2.45) is 11.3 Å². The van der Waals surface area contributed by atoms with Crippen LogP contribution in [0.3, 0.4) is 0 Å². The smallest absolute Gasteiger partial charge is 0.322 e. The van der Waals surface area contributed by atoms with E-state index in [0.29, 0.717) is 18.9 Å². The van der Waals surface area contributed by atoms with Crippen molar-refractivity contribution < 1.29 is 14.4 Å². The fraction of sp³-hybridized carbons (Fsp3) is 0.800. The first kappa shape index (κ1) is 15.8. The van der Waals surface area contributed by atoms with E-state index in [1.165, 1.54) is 6.42 Å². The van der Waals surface area contributed by atoms with Crippen LogP contribution in [0.25, 0.3) is 0 Å². The van der Waals surface area contributed by atoms with Crippen LogP contribution in [0.15, 0.2) is 0 Å². The Balaban J connectivity index is 1.86. The highest BCUT2D eigenvalue weighted by Crippen LogP contribution is 2.45. The summed E-state index contributed by atoms with van der Waals surface area (Å²) in [7, 11) is 0. The molecule has 0 aromatic rings. The van der Waals surface area contributed by atoms with E-state index in [0.717, 1.165) is 19.3 Å². The molecule has 118 valence electrons. The lowest BCUT2D eigenvalue weighted by Gasteiger charge is -2.43. The molecule has 2 fully saturated rings. The molecule has 1 saturated heterocycles. The molecule has 21 heavy (non-hydrogen) atoms. The molecule has 1 heterocycles. The third-order valence-electron chi connectivity index (χ3n) is 4.43. The van der Waals surface area contributed by atoms with Gasteiger partial charge in [-0.05, 0) is 37.0 Å². The molecule has 1 saturated carbocycles. The zero-order valence-corrected chi connectivity index (χ0v) is 12.8. The van der Waals surface area contributed by atoms with Gasteiger partial charge in [-0.25, -0.2) is 4.79 Å². The van der Waals surface area contributed by atoms with Gasteiger partial charge in [0.05, 0.1) is 0 Å². The third-order valence-corrected chi connectivity index (χ3v) is 4.43. The summed E-state index contributed by atoms with van der Waals surface area (Å²) in [5.41, 5.74) is 0.229. The van der Waals surface area contributed by atoms with Gasteiger partial charge in [0.15, 0.2) is 0 Å². The second-order valence-electron chi connectivity index (χ2n) is 6.78. The molecule has 1 aliphatic carbocycles. The number of nitrogens with one attached hydrogen (secondary N) is 3. The molecule has 1 aliphatic heterocycles. The van der Waals surface area contributed by atoms with E-state index in [9.17, 15) is 14.4 Å². The minimum atomic E-state index is -0.618. The first-order valence-corrected chi connectivity index (χ1v) is 7.78. The molecule has 3 N–H and O–H groups in total. The molecular formula is C15H25N3O3. The summed E-state index contributed by atoms with van der Waals surface area (Å²) in [6.07, 6.45) is 5.19. The predicted octanol–water partition coefficient (Wildman–Crippen LogP) is 1.31. The van der Waals surface area contributed by atoms with E-state index in [4.69, 9.17) is 0 Å². The van der Waals surface area contributed by atoms with Crippen molar-refractivity contribution in [3.63, 3.8) is 0 Å². The Kier molecular flexibility index (Phi) is 4.85. The van der Waals surface area contributed by atoms with E-state index in [-0.39, 0.29) is 23.7 Å². The van der Waals surface area contributed by atoms with Crippen LogP contribution in [-0.4, -0.2) is 30.4 Å². The highest BCUT2D eigenvalue weighted by Gasteiger charge is 2.38. The number of carbonyl (C=O) groups is 3. The fourth-order valence-corrected chi connectivity index (χ4v) is 3.32. The molecule has 6 heteroatoms. The molecule has 0 radical (unpaired) electrons. The minimum Gasteiger partial charge on any atom is -0.354 e. The number of urea groups is 1. The van der Waals surface area contributed by atoms with Gasteiger partial charge < -0.3 is 10.6 Å². The van der Waals surface area contributed by atoms with E-state index in [1.807, 2.05) is 0 Å². The van der Waals surface area contributed by atoms with Gasteiger partial charge in [-0.1, -0.05) is 20.3 Å². The average molecular weight is 295 g/mol. The Morgan fingerprint density at radius 3 is 2.67 bits per heavy atom. The number of amides is 4. The second-order valence-corrected chi connectivity index (χ2v) is 6.78. The lowest BCUT2D eigenvalue weighted by atomic mass is 9.64. The average Bonchev–Trinajstić information content (AvgIpc) is 2.52. The molecule has 0 aromatic carbocycles. The summed E-state index contributed by atoms with van der Waals surface area (Å²) in [5, 5.41) is 7.69. The van der Waals surface area contributed by atoms with E-state index >= 15 is 0 Å².